The third-order valence-corrected chi connectivity index (χ3v) is 3.67. The van der Waals surface area contributed by atoms with Crippen LogP contribution in [-0.4, -0.2) is 41.9 Å². The fourth-order valence-corrected chi connectivity index (χ4v) is 2.55. The maximum absolute atomic E-state index is 14.4. The van der Waals surface area contributed by atoms with Gasteiger partial charge < -0.3 is 15.0 Å². The first-order valence-corrected chi connectivity index (χ1v) is 7.79. The summed E-state index contributed by atoms with van der Waals surface area (Å²) in [5.41, 5.74) is 0.0889. The van der Waals surface area contributed by atoms with Crippen molar-refractivity contribution in [1.82, 2.24) is 5.32 Å². The fourth-order valence-electron chi connectivity index (χ4n) is 2.55. The van der Waals surface area contributed by atoms with Crippen LogP contribution in [0, 0.1) is 10.1 Å². The van der Waals surface area contributed by atoms with E-state index in [1.54, 1.807) is 32.9 Å². The van der Waals surface area contributed by atoms with Crippen LogP contribution in [-0.2, 0) is 4.74 Å². The van der Waals surface area contributed by atoms with Crippen molar-refractivity contribution in [2.24, 2.45) is 0 Å². The molecule has 1 aliphatic heterocycles. The molecule has 1 amide bonds. The number of nitro groups is 1. The van der Waals surface area contributed by atoms with Gasteiger partial charge in [-0.15, -0.1) is 0 Å². The van der Waals surface area contributed by atoms with Crippen LogP contribution >= 0.6 is 0 Å². The standard InChI is InChI=1S/C16H22FN3O4/c1-16(2,3)24-15(21)18-14-8-9-19(10-13(14)17)11-4-6-12(7-5-11)20(22)23/h4-7,13-14H,8-10H2,1-3H3,(H,18,21). The zero-order chi connectivity index (χ0) is 17.9. The van der Waals surface area contributed by atoms with E-state index in [0.717, 1.165) is 5.69 Å². The number of alkyl halides is 1. The molecule has 2 atom stereocenters. The summed E-state index contributed by atoms with van der Waals surface area (Å²) < 4.78 is 19.5. The van der Waals surface area contributed by atoms with Crippen molar-refractivity contribution in [2.75, 3.05) is 18.0 Å². The molecule has 1 aliphatic rings. The predicted molar refractivity (Wildman–Crippen MR) is 88.0 cm³/mol. The highest BCUT2D eigenvalue weighted by molar-refractivity contribution is 5.68. The summed E-state index contributed by atoms with van der Waals surface area (Å²) in [6, 6.07) is 5.40. The lowest BCUT2D eigenvalue weighted by molar-refractivity contribution is -0.384. The van der Waals surface area contributed by atoms with Crippen molar-refractivity contribution in [3.63, 3.8) is 0 Å². The van der Waals surface area contributed by atoms with Gasteiger partial charge in [-0.2, -0.15) is 0 Å². The van der Waals surface area contributed by atoms with Crippen LogP contribution in [0.5, 0.6) is 0 Å². The Labute approximate surface area is 139 Å². The Morgan fingerprint density at radius 2 is 2.00 bits per heavy atom. The van der Waals surface area contributed by atoms with E-state index in [2.05, 4.69) is 5.32 Å². The van der Waals surface area contributed by atoms with Gasteiger partial charge in [-0.3, -0.25) is 10.1 Å². The number of non-ortho nitro benzene ring substituents is 1. The Morgan fingerprint density at radius 3 is 2.50 bits per heavy atom. The maximum atomic E-state index is 14.4. The van der Waals surface area contributed by atoms with Crippen LogP contribution in [0.2, 0.25) is 0 Å². The first-order valence-electron chi connectivity index (χ1n) is 7.79. The summed E-state index contributed by atoms with van der Waals surface area (Å²) in [6.45, 7) is 5.89. The van der Waals surface area contributed by atoms with Crippen molar-refractivity contribution in [3.05, 3.63) is 34.4 Å². The van der Waals surface area contributed by atoms with Gasteiger partial charge >= 0.3 is 6.09 Å². The van der Waals surface area contributed by atoms with E-state index in [0.29, 0.717) is 13.0 Å². The molecule has 24 heavy (non-hydrogen) atoms. The monoisotopic (exact) mass is 339 g/mol. The zero-order valence-corrected chi connectivity index (χ0v) is 14.0. The third-order valence-electron chi connectivity index (χ3n) is 3.67. The van der Waals surface area contributed by atoms with Crippen LogP contribution in [0.1, 0.15) is 27.2 Å². The molecule has 8 heteroatoms. The number of hydrogen-bond acceptors (Lipinski definition) is 5. The topological polar surface area (TPSA) is 84.7 Å². The second-order valence-electron chi connectivity index (χ2n) is 6.78. The van der Waals surface area contributed by atoms with E-state index in [1.165, 1.54) is 12.1 Å². The SMILES string of the molecule is CC(C)(C)OC(=O)NC1CCN(c2ccc([N+](=O)[O-])cc2)CC1F. The molecule has 0 aromatic heterocycles. The second-order valence-corrected chi connectivity index (χ2v) is 6.78. The van der Waals surface area contributed by atoms with Gasteiger partial charge in [-0.05, 0) is 39.3 Å². The number of alkyl carbamates (subject to hydrolysis) is 1. The molecule has 0 bridgehead atoms. The number of nitro benzene ring substituents is 1. The molecule has 1 aromatic carbocycles. The Bertz CT molecular complexity index is 600. The Kier molecular flexibility index (Phi) is 5.26. The van der Waals surface area contributed by atoms with E-state index in [1.807, 2.05) is 4.90 Å². The summed E-state index contributed by atoms with van der Waals surface area (Å²) in [4.78, 5) is 23.7. The minimum Gasteiger partial charge on any atom is -0.444 e. The van der Waals surface area contributed by atoms with Gasteiger partial charge in [0.1, 0.15) is 11.8 Å². The van der Waals surface area contributed by atoms with Crippen molar-refractivity contribution < 1.29 is 18.8 Å². The van der Waals surface area contributed by atoms with Gasteiger partial charge in [0, 0.05) is 24.4 Å². The Hall–Kier alpha value is -2.38. The van der Waals surface area contributed by atoms with Crippen LogP contribution in [0.15, 0.2) is 24.3 Å². The van der Waals surface area contributed by atoms with E-state index >= 15 is 0 Å². The number of carbonyl (C=O) groups excluding carboxylic acids is 1. The number of halogens is 1. The third kappa shape index (κ3) is 4.81. The number of amides is 1. The number of piperidine rings is 1. The van der Waals surface area contributed by atoms with Crippen molar-refractivity contribution >= 4 is 17.5 Å². The Balaban J connectivity index is 1.92. The number of nitrogens with one attached hydrogen (secondary N) is 1. The van der Waals surface area contributed by atoms with E-state index in [-0.39, 0.29) is 12.2 Å². The molecule has 7 nitrogen and oxygen atoms in total. The Morgan fingerprint density at radius 1 is 1.38 bits per heavy atom. The fraction of sp³-hybridized carbons (Fsp3) is 0.562. The molecule has 2 unspecified atom stereocenters. The maximum Gasteiger partial charge on any atom is 0.407 e. The largest absolute Gasteiger partial charge is 0.444 e. The molecular weight excluding hydrogens is 317 g/mol. The van der Waals surface area contributed by atoms with E-state index in [4.69, 9.17) is 4.74 Å². The average molecular weight is 339 g/mol. The van der Waals surface area contributed by atoms with Gasteiger partial charge in [0.05, 0.1) is 17.5 Å². The van der Waals surface area contributed by atoms with Gasteiger partial charge in [-0.25, -0.2) is 9.18 Å². The lowest BCUT2D eigenvalue weighted by Gasteiger charge is -2.36. The smallest absolute Gasteiger partial charge is 0.407 e. The first-order chi connectivity index (χ1) is 11.2. The summed E-state index contributed by atoms with van der Waals surface area (Å²) in [5, 5.41) is 13.2. The second kappa shape index (κ2) is 7.02. The average Bonchev–Trinajstić information content (AvgIpc) is 2.47. The highest BCUT2D eigenvalue weighted by atomic mass is 19.1. The normalized spacial score (nSPS) is 21.2. The summed E-state index contributed by atoms with van der Waals surface area (Å²) >= 11 is 0. The highest BCUT2D eigenvalue weighted by Crippen LogP contribution is 2.24. The minimum atomic E-state index is -1.25. The lowest BCUT2D eigenvalue weighted by atomic mass is 10.0. The first kappa shape index (κ1) is 18.0. The van der Waals surface area contributed by atoms with Gasteiger partial charge in [0.25, 0.3) is 5.69 Å². The molecule has 1 aromatic rings. The van der Waals surface area contributed by atoms with Crippen molar-refractivity contribution in [1.29, 1.82) is 0 Å². The predicted octanol–water partition coefficient (Wildman–Crippen LogP) is 3.04. The molecule has 0 radical (unpaired) electrons. The molecule has 0 saturated carbocycles. The molecule has 1 fully saturated rings. The van der Waals surface area contributed by atoms with Crippen LogP contribution < -0.4 is 10.2 Å². The molecule has 132 valence electrons. The number of ether oxygens (including phenoxy) is 1. The van der Waals surface area contributed by atoms with Gasteiger partial charge in [-0.1, -0.05) is 0 Å². The number of hydrogen-bond donors (Lipinski definition) is 1. The number of nitrogens with zero attached hydrogens (tertiary/aromatic N) is 2. The van der Waals surface area contributed by atoms with Crippen molar-refractivity contribution in [3.8, 4) is 0 Å². The summed E-state index contributed by atoms with van der Waals surface area (Å²) in [7, 11) is 0. The van der Waals surface area contributed by atoms with Gasteiger partial charge in [0.15, 0.2) is 0 Å². The summed E-state index contributed by atoms with van der Waals surface area (Å²) in [6.07, 6.45) is -1.45. The number of anilines is 1. The van der Waals surface area contributed by atoms with Crippen LogP contribution in [0.4, 0.5) is 20.6 Å². The molecule has 1 N–H and O–H groups in total. The molecule has 0 aliphatic carbocycles. The van der Waals surface area contributed by atoms with E-state index < -0.39 is 28.8 Å². The number of rotatable bonds is 3. The van der Waals surface area contributed by atoms with Crippen molar-refractivity contribution in [2.45, 2.75) is 45.0 Å². The molecule has 0 spiro atoms. The molecule has 1 saturated heterocycles. The van der Waals surface area contributed by atoms with Crippen LogP contribution in [0.25, 0.3) is 0 Å². The molecular formula is C16H22FN3O4. The molecule has 1 heterocycles. The number of carbonyl (C=O) groups is 1. The highest BCUT2D eigenvalue weighted by Gasteiger charge is 2.31. The summed E-state index contributed by atoms with van der Waals surface area (Å²) in [5.74, 6) is 0. The quantitative estimate of drug-likeness (QED) is 0.676. The lowest BCUT2D eigenvalue weighted by Crippen LogP contribution is -2.53. The molecule has 2 rings (SSSR count). The zero-order valence-electron chi connectivity index (χ0n) is 14.0. The van der Waals surface area contributed by atoms with Gasteiger partial charge in [0.2, 0.25) is 0 Å². The minimum absolute atomic E-state index is 0.00275. The number of benzene rings is 1. The van der Waals surface area contributed by atoms with Crippen LogP contribution in [0.3, 0.4) is 0 Å². The van der Waals surface area contributed by atoms with E-state index in [9.17, 15) is 19.3 Å².